The number of thiophene rings is 1. The summed E-state index contributed by atoms with van der Waals surface area (Å²) in [5, 5.41) is -0.776. The third-order valence-electron chi connectivity index (χ3n) is 9.84. The van der Waals surface area contributed by atoms with Crippen molar-refractivity contribution in [2.75, 3.05) is 0 Å². The van der Waals surface area contributed by atoms with Gasteiger partial charge in [0.2, 0.25) is 0 Å². The van der Waals surface area contributed by atoms with Gasteiger partial charge in [0.25, 0.3) is 0 Å². The number of rotatable bonds is 5. The van der Waals surface area contributed by atoms with Crippen molar-refractivity contribution in [3.8, 4) is 44.8 Å². The maximum absolute atomic E-state index is 10.1. The zero-order valence-electron chi connectivity index (χ0n) is 54.0. The molecule has 0 unspecified atom stereocenters. The lowest BCUT2D eigenvalue weighted by Gasteiger charge is -2.11. The van der Waals surface area contributed by atoms with E-state index in [9.17, 15) is 16.4 Å². The second kappa shape index (κ2) is 12.7. The number of fused-ring (bicyclic) bond motifs is 9. The third kappa shape index (κ3) is 4.96. The normalized spacial score (nSPS) is 18.0. The summed E-state index contributed by atoms with van der Waals surface area (Å²) in [7, 11) is 0. The van der Waals surface area contributed by atoms with Gasteiger partial charge in [-0.25, -0.2) is 0 Å². The van der Waals surface area contributed by atoms with E-state index in [0.717, 1.165) is 10.1 Å². The van der Waals surface area contributed by atoms with E-state index in [-0.39, 0.29) is 39.6 Å². The summed E-state index contributed by atoms with van der Waals surface area (Å²) in [6, 6.07) is -4.12. The fourth-order valence-corrected chi connectivity index (χ4v) is 8.67. The van der Waals surface area contributed by atoms with Crippen LogP contribution in [0, 0.1) is 0 Å². The van der Waals surface area contributed by atoms with Crippen molar-refractivity contribution in [3.05, 3.63) is 206 Å². The minimum atomic E-state index is -0.989. The Morgan fingerprint density at radius 2 is 0.930 bits per heavy atom. The van der Waals surface area contributed by atoms with E-state index < -0.39 is 189 Å². The molecule has 0 aliphatic heterocycles. The van der Waals surface area contributed by atoms with E-state index in [0.29, 0.717) is 25.7 Å². The van der Waals surface area contributed by atoms with Crippen LogP contribution >= 0.6 is 11.3 Å². The Hall–Kier alpha value is -7.20. The van der Waals surface area contributed by atoms with Gasteiger partial charge in [0.1, 0.15) is 0 Å². The van der Waals surface area contributed by atoms with E-state index in [4.69, 9.17) is 17.8 Å². The lowest BCUT2D eigenvalue weighted by molar-refractivity contribution is 1.18. The molecule has 2 nitrogen and oxygen atoms in total. The predicted molar refractivity (Wildman–Crippen MR) is 244 cm³/mol. The monoisotopic (exact) mass is 767 g/mol. The fraction of sp³-hybridized carbons (Fsp3) is 0. The van der Waals surface area contributed by atoms with Crippen molar-refractivity contribution in [2.24, 2.45) is 0 Å². The van der Waals surface area contributed by atoms with Gasteiger partial charge >= 0.3 is 0 Å². The first-order valence-electron chi connectivity index (χ1n) is 30.0. The van der Waals surface area contributed by atoms with Crippen molar-refractivity contribution in [3.63, 3.8) is 0 Å². The molecule has 3 heteroatoms. The summed E-state index contributed by atoms with van der Waals surface area (Å²) in [6.45, 7) is 0. The highest BCUT2D eigenvalue weighted by atomic mass is 32.1. The van der Waals surface area contributed by atoms with Crippen molar-refractivity contribution in [1.82, 2.24) is 9.13 Å². The topological polar surface area (TPSA) is 9.86 Å². The van der Waals surface area contributed by atoms with Crippen molar-refractivity contribution < 1.29 is 34.3 Å². The van der Waals surface area contributed by atoms with Crippen molar-refractivity contribution >= 4 is 75.1 Å². The van der Waals surface area contributed by atoms with Gasteiger partial charge in [0, 0.05) is 42.7 Å². The highest BCUT2D eigenvalue weighted by Crippen LogP contribution is 2.45. The average molecular weight is 768 g/mol. The van der Waals surface area contributed by atoms with Crippen LogP contribution in [0.5, 0.6) is 0 Å². The Morgan fingerprint density at radius 1 is 0.351 bits per heavy atom. The first-order valence-corrected chi connectivity index (χ1v) is 18.3. The average Bonchev–Trinajstić information content (AvgIpc) is 1.72. The van der Waals surface area contributed by atoms with Gasteiger partial charge < -0.3 is 9.13 Å². The summed E-state index contributed by atoms with van der Waals surface area (Å²) in [5.41, 5.74) is -4.00. The van der Waals surface area contributed by atoms with Crippen LogP contribution in [-0.4, -0.2) is 9.13 Å². The smallest absolute Gasteiger partial charge is 0.0651 e. The van der Waals surface area contributed by atoms with Crippen LogP contribution in [0.15, 0.2) is 206 Å². The molecule has 0 aliphatic rings. The third-order valence-corrected chi connectivity index (χ3v) is 11.1. The van der Waals surface area contributed by atoms with Crippen LogP contribution in [-0.2, 0) is 0 Å². The molecule has 57 heavy (non-hydrogen) atoms. The molecule has 0 spiro atoms. The van der Waals surface area contributed by atoms with Crippen LogP contribution in [0.4, 0.5) is 0 Å². The molecule has 3 aromatic heterocycles. The Labute approximate surface area is 368 Å². The zero-order chi connectivity index (χ0) is 59.2. The number of hydrogen-bond acceptors (Lipinski definition) is 1. The molecule has 266 valence electrons. The maximum atomic E-state index is 10.1. The summed E-state index contributed by atoms with van der Waals surface area (Å²) in [5.74, 6) is 0. The van der Waals surface area contributed by atoms with Crippen LogP contribution < -0.4 is 0 Å². The van der Waals surface area contributed by atoms with Gasteiger partial charge in [-0.05, 0) is 87.8 Å². The van der Waals surface area contributed by atoms with E-state index in [2.05, 4.69) is 0 Å². The van der Waals surface area contributed by atoms with Crippen LogP contribution in [0.1, 0.15) is 34.3 Å². The Kier molecular flexibility index (Phi) is 3.58. The van der Waals surface area contributed by atoms with E-state index >= 15 is 0 Å². The van der Waals surface area contributed by atoms with Crippen molar-refractivity contribution in [1.29, 1.82) is 0 Å². The predicted octanol–water partition coefficient (Wildman–Crippen LogP) is 15.2. The highest BCUT2D eigenvalue weighted by Gasteiger charge is 2.19. The highest BCUT2D eigenvalue weighted by molar-refractivity contribution is 7.26. The minimum Gasteiger partial charge on any atom is -0.309 e. The molecule has 0 aliphatic carbocycles. The number of nitrogens with zero attached hydrogens (tertiary/aromatic N) is 2. The van der Waals surface area contributed by atoms with Gasteiger partial charge in [-0.15, -0.1) is 11.3 Å². The van der Waals surface area contributed by atoms with Crippen molar-refractivity contribution in [2.45, 2.75) is 0 Å². The molecule has 0 N–H and O–H groups in total. The lowest BCUT2D eigenvalue weighted by Crippen LogP contribution is -1.94. The largest absolute Gasteiger partial charge is 0.309 e. The van der Waals surface area contributed by atoms with Crippen LogP contribution in [0.3, 0.4) is 0 Å². The second-order valence-electron chi connectivity index (χ2n) is 13.0. The number of para-hydroxylation sites is 2. The molecule has 0 amide bonds. The second-order valence-corrected chi connectivity index (χ2v) is 14.0. The van der Waals surface area contributed by atoms with Gasteiger partial charge in [0.05, 0.1) is 66.7 Å². The van der Waals surface area contributed by atoms with Crippen LogP contribution in [0.2, 0.25) is 0 Å². The standard InChI is InChI=1S/C54H34N2S/c1-3-14-35(15-4-1)37-18-11-19-40(32-37)55-48-25-9-7-20-42(48)46-33-38(28-30-50(46)55)39-29-31-51-47(34-39)43-21-8-10-26-49(43)56(51)52-27-13-24-45-44-23-12-22-41(53(44)57-54(45)52)36-16-5-2-6-17-36/h1-34H/i1D,3D,4D,7D,8D,9D,10D,11D,12D,13D,14D,15D,18D,19D,20D,21D,25D,26D,28D,29D,30D,31D,32D,33D,34D. The van der Waals surface area contributed by atoms with Crippen LogP contribution in [0.25, 0.3) is 109 Å². The Bertz CT molecular complexity index is 4960. The first-order chi connectivity index (χ1) is 38.7. The molecule has 0 fully saturated rings. The maximum Gasteiger partial charge on any atom is 0.0651 e. The number of aromatic nitrogens is 2. The minimum absolute atomic E-state index is 0.0869. The quantitative estimate of drug-likeness (QED) is 0.165. The molecular weight excluding hydrogens is 709 g/mol. The first kappa shape index (κ1) is 16.1. The molecule has 12 aromatic rings. The molecule has 0 saturated carbocycles. The molecule has 9 aromatic carbocycles. The molecule has 12 rings (SSSR count). The van der Waals surface area contributed by atoms with Gasteiger partial charge in [-0.2, -0.15) is 0 Å². The lowest BCUT2D eigenvalue weighted by atomic mass is 10.0. The summed E-state index contributed by atoms with van der Waals surface area (Å²) in [4.78, 5) is 0. The Morgan fingerprint density at radius 3 is 1.67 bits per heavy atom. The number of hydrogen-bond donors (Lipinski definition) is 0. The Balaban J connectivity index is 1.23. The van der Waals surface area contributed by atoms with E-state index in [1.807, 2.05) is 30.3 Å². The summed E-state index contributed by atoms with van der Waals surface area (Å²) < 4.78 is 231. The van der Waals surface area contributed by atoms with E-state index in [1.54, 1.807) is 18.2 Å². The molecule has 0 saturated heterocycles. The zero-order valence-corrected chi connectivity index (χ0v) is 29.8. The van der Waals surface area contributed by atoms with Gasteiger partial charge in [-0.1, -0.05) is 151 Å². The van der Waals surface area contributed by atoms with Gasteiger partial charge in [0.15, 0.2) is 0 Å². The SMILES string of the molecule is [2H]c1cc(-c2ccccc2)c2sc3c(-n4c5c([2H])c([2H])c([2H])c([2H])c5c5c([2H])c(-c6c([2H])c([2H])c7c(c6[2H])c6c([2H])c([2H])c([2H])c([2H])c6n7-c6c([2H])c([2H])c([2H])c(-c7c([2H])c([2H])c([2H])c([2H])c7[2H])c6[2H])c([2H])c([2H])c54)cc([2H])cc3c2c1. The molecule has 0 bridgehead atoms. The molecular formula is C54H34N2S. The van der Waals surface area contributed by atoms with Gasteiger partial charge in [-0.3, -0.25) is 0 Å². The summed E-state index contributed by atoms with van der Waals surface area (Å²) in [6.07, 6.45) is 0. The molecule has 0 atom stereocenters. The summed E-state index contributed by atoms with van der Waals surface area (Å²) >= 11 is 1.25. The fourth-order valence-electron chi connectivity index (χ4n) is 7.36. The molecule has 0 radical (unpaired) electrons. The molecule has 3 heterocycles. The number of benzene rings is 9. The van der Waals surface area contributed by atoms with E-state index in [1.165, 1.54) is 22.0 Å².